The Morgan fingerprint density at radius 2 is 1.70 bits per heavy atom. The molecule has 1 saturated heterocycles. The van der Waals surface area contributed by atoms with E-state index in [1.54, 1.807) is 28.6 Å². The van der Waals surface area contributed by atoms with Gasteiger partial charge < -0.3 is 0 Å². The van der Waals surface area contributed by atoms with Crippen LogP contribution in [0, 0.1) is 0 Å². The van der Waals surface area contributed by atoms with Crippen molar-refractivity contribution in [3.63, 3.8) is 0 Å². The van der Waals surface area contributed by atoms with E-state index in [-0.39, 0.29) is 6.04 Å². The Hall–Kier alpha value is -1.17. The van der Waals surface area contributed by atoms with Gasteiger partial charge in [-0.1, -0.05) is 46.3 Å². The number of sulfonamides is 1. The first-order chi connectivity index (χ1) is 9.57. The molecular weight excluding hydrogens is 338 g/mol. The highest BCUT2D eigenvalue weighted by Crippen LogP contribution is 2.30. The van der Waals surface area contributed by atoms with Gasteiger partial charge in [0.2, 0.25) is 10.0 Å². The van der Waals surface area contributed by atoms with Crippen LogP contribution in [-0.4, -0.2) is 25.3 Å². The van der Waals surface area contributed by atoms with Crippen molar-refractivity contribution in [3.05, 3.63) is 64.6 Å². The molecule has 0 spiro atoms. The van der Waals surface area contributed by atoms with Crippen LogP contribution >= 0.6 is 15.9 Å². The predicted octanol–water partition coefficient (Wildman–Crippen LogP) is 3.06. The third-order valence-corrected chi connectivity index (χ3v) is 5.86. The minimum atomic E-state index is -3.32. The predicted molar refractivity (Wildman–Crippen MR) is 82.0 cm³/mol. The van der Waals surface area contributed by atoms with E-state index in [9.17, 15) is 8.42 Å². The number of benzene rings is 2. The number of rotatable bonds is 4. The molecule has 0 aliphatic carbocycles. The topological polar surface area (TPSA) is 37.1 Å². The van der Waals surface area contributed by atoms with Gasteiger partial charge in [0, 0.05) is 17.1 Å². The van der Waals surface area contributed by atoms with Crippen LogP contribution in [0.5, 0.6) is 0 Å². The van der Waals surface area contributed by atoms with E-state index in [4.69, 9.17) is 0 Å². The molecule has 2 unspecified atom stereocenters. The summed E-state index contributed by atoms with van der Waals surface area (Å²) in [5.74, 6) is 0. The normalized spacial score (nSPS) is 21.6. The summed E-state index contributed by atoms with van der Waals surface area (Å²) in [6.45, 7) is 0.604. The number of hydrogen-bond donors (Lipinski definition) is 0. The van der Waals surface area contributed by atoms with Crippen LogP contribution in [0.4, 0.5) is 0 Å². The summed E-state index contributed by atoms with van der Waals surface area (Å²) in [5, 5.41) is 0. The standard InChI is InChI=1S/C15H14BrNO2S/c16-13-8-6-12(7-9-13)10-14-11-17(14)20(18,19)15-4-2-1-3-5-15/h1-9,14H,10-11H2. The average Bonchev–Trinajstić information content (AvgIpc) is 3.22. The minimum absolute atomic E-state index is 0.0846. The Labute approximate surface area is 127 Å². The van der Waals surface area contributed by atoms with E-state index in [1.807, 2.05) is 30.3 Å². The van der Waals surface area contributed by atoms with Crippen molar-refractivity contribution < 1.29 is 8.42 Å². The van der Waals surface area contributed by atoms with Crippen LogP contribution in [0.3, 0.4) is 0 Å². The van der Waals surface area contributed by atoms with E-state index >= 15 is 0 Å². The second-order valence-corrected chi connectivity index (χ2v) is 7.68. The molecule has 0 amide bonds. The molecule has 104 valence electrons. The van der Waals surface area contributed by atoms with Crippen LogP contribution in [0.2, 0.25) is 0 Å². The van der Waals surface area contributed by atoms with Gasteiger partial charge in [-0.2, -0.15) is 4.31 Å². The van der Waals surface area contributed by atoms with Gasteiger partial charge >= 0.3 is 0 Å². The van der Waals surface area contributed by atoms with Crippen molar-refractivity contribution in [2.75, 3.05) is 6.54 Å². The lowest BCUT2D eigenvalue weighted by Gasteiger charge is -2.06. The zero-order chi connectivity index (χ0) is 14.2. The molecule has 1 aliphatic heterocycles. The fourth-order valence-corrected chi connectivity index (χ4v) is 4.11. The zero-order valence-electron chi connectivity index (χ0n) is 10.7. The van der Waals surface area contributed by atoms with E-state index in [0.29, 0.717) is 11.4 Å². The molecule has 0 bridgehead atoms. The Kier molecular flexibility index (Phi) is 3.67. The van der Waals surface area contributed by atoms with Gasteiger partial charge in [-0.3, -0.25) is 0 Å². The Morgan fingerprint density at radius 1 is 1.05 bits per heavy atom. The maximum absolute atomic E-state index is 12.4. The van der Waals surface area contributed by atoms with E-state index in [2.05, 4.69) is 15.9 Å². The maximum Gasteiger partial charge on any atom is 0.243 e. The molecule has 0 aromatic heterocycles. The van der Waals surface area contributed by atoms with Crippen LogP contribution in [0.25, 0.3) is 0 Å². The summed E-state index contributed by atoms with van der Waals surface area (Å²) in [6, 6.07) is 16.7. The molecule has 1 aliphatic rings. The second-order valence-electron chi connectivity index (χ2n) is 4.87. The van der Waals surface area contributed by atoms with Gasteiger partial charge in [0.1, 0.15) is 0 Å². The van der Waals surface area contributed by atoms with Gasteiger partial charge in [0.05, 0.1) is 4.90 Å². The van der Waals surface area contributed by atoms with Gasteiger partial charge in [0.15, 0.2) is 0 Å². The molecule has 1 fully saturated rings. The van der Waals surface area contributed by atoms with Crippen molar-refractivity contribution in [3.8, 4) is 0 Å². The van der Waals surface area contributed by atoms with E-state index in [1.165, 1.54) is 0 Å². The highest BCUT2D eigenvalue weighted by atomic mass is 79.9. The molecule has 2 atom stereocenters. The fourth-order valence-electron chi connectivity index (χ4n) is 2.24. The molecule has 0 saturated carbocycles. The quantitative estimate of drug-likeness (QED) is 0.793. The summed E-state index contributed by atoms with van der Waals surface area (Å²) in [5.41, 5.74) is 1.16. The molecule has 1 heterocycles. The van der Waals surface area contributed by atoms with Crippen molar-refractivity contribution in [1.82, 2.24) is 4.31 Å². The number of nitrogens with zero attached hydrogens (tertiary/aromatic N) is 1. The summed E-state index contributed by atoms with van der Waals surface area (Å²) >= 11 is 3.40. The Bertz CT molecular complexity index is 698. The Morgan fingerprint density at radius 3 is 2.35 bits per heavy atom. The minimum Gasteiger partial charge on any atom is -0.207 e. The van der Waals surface area contributed by atoms with Crippen molar-refractivity contribution >= 4 is 26.0 Å². The molecule has 2 aromatic rings. The van der Waals surface area contributed by atoms with E-state index in [0.717, 1.165) is 16.5 Å². The van der Waals surface area contributed by atoms with Gasteiger partial charge in [-0.15, -0.1) is 0 Å². The molecule has 0 radical (unpaired) electrons. The van der Waals surface area contributed by atoms with Gasteiger partial charge in [0.25, 0.3) is 0 Å². The fraction of sp³-hybridized carbons (Fsp3) is 0.200. The molecule has 0 N–H and O–H groups in total. The third kappa shape index (κ3) is 2.80. The first-order valence-corrected chi connectivity index (χ1v) is 8.62. The van der Waals surface area contributed by atoms with Crippen molar-refractivity contribution in [1.29, 1.82) is 0 Å². The molecule has 5 heteroatoms. The first-order valence-electron chi connectivity index (χ1n) is 6.39. The SMILES string of the molecule is O=S(=O)(c1ccccc1)N1CC1Cc1ccc(Br)cc1. The largest absolute Gasteiger partial charge is 0.243 e. The summed E-state index contributed by atoms with van der Waals surface area (Å²) in [7, 11) is -3.32. The molecule has 3 nitrogen and oxygen atoms in total. The zero-order valence-corrected chi connectivity index (χ0v) is 13.1. The van der Waals surface area contributed by atoms with Crippen LogP contribution in [0.15, 0.2) is 64.0 Å². The lowest BCUT2D eigenvalue weighted by Crippen LogP contribution is -2.15. The third-order valence-electron chi connectivity index (χ3n) is 3.40. The van der Waals surface area contributed by atoms with Crippen LogP contribution < -0.4 is 0 Å². The van der Waals surface area contributed by atoms with Crippen molar-refractivity contribution in [2.45, 2.75) is 17.4 Å². The second kappa shape index (κ2) is 5.31. The average molecular weight is 352 g/mol. The lowest BCUT2D eigenvalue weighted by molar-refractivity contribution is 0.551. The lowest BCUT2D eigenvalue weighted by atomic mass is 10.1. The van der Waals surface area contributed by atoms with Crippen LogP contribution in [0.1, 0.15) is 5.56 Å². The molecule has 2 aromatic carbocycles. The van der Waals surface area contributed by atoms with Crippen molar-refractivity contribution in [2.24, 2.45) is 0 Å². The van der Waals surface area contributed by atoms with Crippen LogP contribution in [-0.2, 0) is 16.4 Å². The maximum atomic E-state index is 12.4. The number of halogens is 1. The first kappa shape index (κ1) is 13.8. The highest BCUT2D eigenvalue weighted by Gasteiger charge is 2.44. The van der Waals surface area contributed by atoms with E-state index < -0.39 is 10.0 Å². The summed E-state index contributed by atoms with van der Waals surface area (Å²) in [6.07, 6.45) is 0.763. The monoisotopic (exact) mass is 351 g/mol. The summed E-state index contributed by atoms with van der Waals surface area (Å²) < 4.78 is 27.3. The molecule has 3 rings (SSSR count). The van der Waals surface area contributed by atoms with Gasteiger partial charge in [-0.25, -0.2) is 8.42 Å². The molecular formula is C15H14BrNO2S. The highest BCUT2D eigenvalue weighted by molar-refractivity contribution is 9.10. The molecule has 20 heavy (non-hydrogen) atoms. The smallest absolute Gasteiger partial charge is 0.207 e. The van der Waals surface area contributed by atoms with Gasteiger partial charge in [-0.05, 0) is 36.2 Å². The summed E-state index contributed by atoms with van der Waals surface area (Å²) in [4.78, 5) is 0.373. The number of hydrogen-bond acceptors (Lipinski definition) is 2. The Balaban J connectivity index is 1.71.